The van der Waals surface area contributed by atoms with Gasteiger partial charge in [-0.1, -0.05) is 30.3 Å². The first-order valence-electron chi connectivity index (χ1n) is 7.90. The van der Waals surface area contributed by atoms with Crippen LogP contribution in [0.15, 0.2) is 54.6 Å². The molecule has 1 aromatic heterocycles. The van der Waals surface area contributed by atoms with Gasteiger partial charge in [0.1, 0.15) is 7.05 Å². The van der Waals surface area contributed by atoms with Gasteiger partial charge in [-0.25, -0.2) is 0 Å². The SMILES string of the molecule is Cc1c(C=Cc2ccc(N(C)C)cc2)cc2ccccc2[n+]1C. The molecule has 0 N–H and O–H groups in total. The zero-order valence-electron chi connectivity index (χ0n) is 14.2. The van der Waals surface area contributed by atoms with E-state index in [4.69, 9.17) is 0 Å². The zero-order chi connectivity index (χ0) is 16.4. The summed E-state index contributed by atoms with van der Waals surface area (Å²) >= 11 is 0. The third kappa shape index (κ3) is 3.11. The van der Waals surface area contributed by atoms with Crippen molar-refractivity contribution < 1.29 is 4.57 Å². The van der Waals surface area contributed by atoms with Crippen LogP contribution in [0.5, 0.6) is 0 Å². The van der Waals surface area contributed by atoms with Crippen LogP contribution in [-0.2, 0) is 7.05 Å². The van der Waals surface area contributed by atoms with Crippen molar-refractivity contribution in [2.75, 3.05) is 19.0 Å². The van der Waals surface area contributed by atoms with E-state index >= 15 is 0 Å². The third-order valence-corrected chi connectivity index (χ3v) is 4.39. The summed E-state index contributed by atoms with van der Waals surface area (Å²) in [6.45, 7) is 2.17. The van der Waals surface area contributed by atoms with Gasteiger partial charge in [-0.05, 0) is 35.9 Å². The van der Waals surface area contributed by atoms with Crippen LogP contribution in [0.1, 0.15) is 16.8 Å². The van der Waals surface area contributed by atoms with Gasteiger partial charge in [-0.15, -0.1) is 0 Å². The molecular formula is C21H23N2+. The summed E-state index contributed by atoms with van der Waals surface area (Å²) in [5, 5.41) is 1.27. The zero-order valence-corrected chi connectivity index (χ0v) is 14.2. The average Bonchev–Trinajstić information content (AvgIpc) is 2.57. The molecule has 0 radical (unpaired) electrons. The second kappa shape index (κ2) is 6.25. The number of aryl methyl sites for hydroxylation is 1. The molecule has 1 heterocycles. The fourth-order valence-corrected chi connectivity index (χ4v) is 2.80. The molecular weight excluding hydrogens is 280 g/mol. The fraction of sp³-hybridized carbons (Fsp3) is 0.190. The number of hydrogen-bond acceptors (Lipinski definition) is 1. The van der Waals surface area contributed by atoms with E-state index in [0.29, 0.717) is 0 Å². The van der Waals surface area contributed by atoms with Crippen molar-refractivity contribution in [3.8, 4) is 0 Å². The molecule has 2 aromatic carbocycles. The number of nitrogens with zero attached hydrogens (tertiary/aromatic N) is 2. The lowest BCUT2D eigenvalue weighted by atomic mass is 10.1. The van der Waals surface area contributed by atoms with Crippen molar-refractivity contribution in [2.24, 2.45) is 7.05 Å². The van der Waals surface area contributed by atoms with Gasteiger partial charge in [0.05, 0.1) is 0 Å². The molecule has 0 spiro atoms. The molecule has 0 saturated heterocycles. The van der Waals surface area contributed by atoms with Crippen molar-refractivity contribution in [3.63, 3.8) is 0 Å². The van der Waals surface area contributed by atoms with Gasteiger partial charge < -0.3 is 4.90 Å². The monoisotopic (exact) mass is 303 g/mol. The Balaban J connectivity index is 1.96. The number of fused-ring (bicyclic) bond motifs is 1. The summed E-state index contributed by atoms with van der Waals surface area (Å²) in [5.74, 6) is 0. The number of para-hydroxylation sites is 1. The molecule has 0 aliphatic heterocycles. The number of pyridine rings is 1. The number of hydrogen-bond donors (Lipinski definition) is 0. The van der Waals surface area contributed by atoms with Crippen molar-refractivity contribution in [3.05, 3.63) is 71.4 Å². The summed E-state index contributed by atoms with van der Waals surface area (Å²) in [4.78, 5) is 2.11. The van der Waals surface area contributed by atoms with E-state index in [1.54, 1.807) is 0 Å². The lowest BCUT2D eigenvalue weighted by molar-refractivity contribution is -0.651. The van der Waals surface area contributed by atoms with E-state index in [9.17, 15) is 0 Å². The smallest absolute Gasteiger partial charge is 0.212 e. The Morgan fingerprint density at radius 1 is 0.913 bits per heavy atom. The molecule has 0 aliphatic carbocycles. The lowest BCUT2D eigenvalue weighted by Gasteiger charge is -2.11. The molecule has 0 unspecified atom stereocenters. The normalized spacial score (nSPS) is 11.3. The van der Waals surface area contributed by atoms with Gasteiger partial charge in [-0.2, -0.15) is 4.57 Å². The maximum absolute atomic E-state index is 2.26. The van der Waals surface area contributed by atoms with Gasteiger partial charge in [0.25, 0.3) is 0 Å². The maximum Gasteiger partial charge on any atom is 0.212 e. The van der Waals surface area contributed by atoms with Crippen LogP contribution < -0.4 is 9.47 Å². The van der Waals surface area contributed by atoms with Gasteiger partial charge in [-0.3, -0.25) is 0 Å². The van der Waals surface area contributed by atoms with E-state index in [1.807, 2.05) is 0 Å². The highest BCUT2D eigenvalue weighted by Crippen LogP contribution is 2.18. The molecule has 23 heavy (non-hydrogen) atoms. The van der Waals surface area contributed by atoms with Crippen molar-refractivity contribution in [1.82, 2.24) is 0 Å². The molecule has 0 aliphatic rings. The lowest BCUT2D eigenvalue weighted by Crippen LogP contribution is -2.33. The molecule has 3 rings (SSSR count). The van der Waals surface area contributed by atoms with Gasteiger partial charge >= 0.3 is 0 Å². The van der Waals surface area contributed by atoms with Gasteiger partial charge in [0, 0.05) is 43.7 Å². The van der Waals surface area contributed by atoms with Crippen LogP contribution in [0.4, 0.5) is 5.69 Å². The number of aromatic nitrogens is 1. The number of benzene rings is 2. The first-order chi connectivity index (χ1) is 11.1. The Bertz CT molecular complexity index is 859. The minimum Gasteiger partial charge on any atom is -0.378 e. The molecule has 3 aromatic rings. The Morgan fingerprint density at radius 3 is 2.30 bits per heavy atom. The predicted octanol–water partition coefficient (Wildman–Crippen LogP) is 4.21. The second-order valence-electron chi connectivity index (χ2n) is 6.12. The van der Waals surface area contributed by atoms with Crippen LogP contribution in [0.3, 0.4) is 0 Å². The Labute approximate surface area is 138 Å². The molecule has 0 amide bonds. The van der Waals surface area contributed by atoms with Gasteiger partial charge in [0.15, 0.2) is 5.69 Å². The fourth-order valence-electron chi connectivity index (χ4n) is 2.80. The minimum absolute atomic E-state index is 1.21. The highest BCUT2D eigenvalue weighted by atomic mass is 15.1. The molecule has 116 valence electrons. The molecule has 2 heteroatoms. The van der Waals surface area contributed by atoms with Crippen LogP contribution >= 0.6 is 0 Å². The maximum atomic E-state index is 2.26. The summed E-state index contributed by atoms with van der Waals surface area (Å²) in [5.41, 5.74) is 6.21. The summed E-state index contributed by atoms with van der Waals surface area (Å²) in [7, 11) is 6.24. The molecule has 0 saturated carbocycles. The van der Waals surface area contributed by atoms with E-state index in [-0.39, 0.29) is 0 Å². The van der Waals surface area contributed by atoms with Crippen molar-refractivity contribution in [1.29, 1.82) is 0 Å². The Morgan fingerprint density at radius 2 is 1.61 bits per heavy atom. The van der Waals surface area contributed by atoms with E-state index < -0.39 is 0 Å². The Kier molecular flexibility index (Phi) is 4.16. The van der Waals surface area contributed by atoms with E-state index in [1.165, 1.54) is 33.4 Å². The molecule has 2 nitrogen and oxygen atoms in total. The van der Waals surface area contributed by atoms with Crippen molar-refractivity contribution >= 4 is 28.7 Å². The van der Waals surface area contributed by atoms with Gasteiger partial charge in [0.2, 0.25) is 5.52 Å². The van der Waals surface area contributed by atoms with Crippen LogP contribution in [0, 0.1) is 6.92 Å². The summed E-state index contributed by atoms with van der Waals surface area (Å²) in [6.07, 6.45) is 4.38. The number of anilines is 1. The summed E-state index contributed by atoms with van der Waals surface area (Å²) < 4.78 is 2.25. The Hall–Kier alpha value is -2.61. The largest absolute Gasteiger partial charge is 0.378 e. The van der Waals surface area contributed by atoms with Crippen molar-refractivity contribution in [2.45, 2.75) is 6.92 Å². The number of rotatable bonds is 3. The van der Waals surface area contributed by atoms with Crippen LogP contribution in [-0.4, -0.2) is 14.1 Å². The van der Waals surface area contributed by atoms with E-state index in [2.05, 4.69) is 104 Å². The predicted molar refractivity (Wildman–Crippen MR) is 99.6 cm³/mol. The first kappa shape index (κ1) is 15.3. The third-order valence-electron chi connectivity index (χ3n) is 4.39. The van der Waals surface area contributed by atoms with Crippen LogP contribution in [0.2, 0.25) is 0 Å². The highest BCUT2D eigenvalue weighted by molar-refractivity contribution is 5.80. The average molecular weight is 303 g/mol. The standard InChI is InChI=1S/C21H23N2/c1-16-18(15-19-7-5-6-8-21(19)23(16)4)12-9-17-10-13-20(14-11-17)22(2)3/h5-15H,1-4H3/q+1. The quantitative estimate of drug-likeness (QED) is 0.657. The topological polar surface area (TPSA) is 7.12 Å². The molecule has 0 fully saturated rings. The van der Waals surface area contributed by atoms with E-state index in [0.717, 1.165) is 0 Å². The second-order valence-corrected chi connectivity index (χ2v) is 6.12. The summed E-state index contributed by atoms with van der Waals surface area (Å²) in [6, 6.07) is 19.4. The highest BCUT2D eigenvalue weighted by Gasteiger charge is 2.11. The minimum atomic E-state index is 1.21. The molecule has 0 bridgehead atoms. The molecule has 0 atom stereocenters. The first-order valence-corrected chi connectivity index (χ1v) is 7.90. The van der Waals surface area contributed by atoms with Crippen LogP contribution in [0.25, 0.3) is 23.1 Å².